The molecule has 1 radical (unpaired) electrons. The van der Waals surface area contributed by atoms with Gasteiger partial charge in [-0.25, -0.2) is 8.78 Å². The van der Waals surface area contributed by atoms with Crippen LogP contribution in [0.1, 0.15) is 0 Å². The average Bonchev–Trinajstić information content (AvgIpc) is 3.92. The van der Waals surface area contributed by atoms with E-state index in [0.29, 0.717) is 33.6 Å². The third-order valence-electron chi connectivity index (χ3n) is 11.5. The number of nitrogens with zero attached hydrogens (tertiary/aromatic N) is 3. The maximum Gasteiger partial charge on any atom is 0 e. The van der Waals surface area contributed by atoms with E-state index in [9.17, 15) is 4.39 Å². The van der Waals surface area contributed by atoms with Crippen LogP contribution >= 0.6 is 0 Å². The van der Waals surface area contributed by atoms with Crippen LogP contribution in [0, 0.1) is 23.8 Å². The summed E-state index contributed by atoms with van der Waals surface area (Å²) in [5.74, 6) is 6.95. The fraction of sp³-hybridized carbons (Fsp3) is 0.0526. The molecule has 0 N–H and O–H groups in total. The van der Waals surface area contributed by atoms with Gasteiger partial charge in [-0.15, -0.1) is 12.1 Å². The number of halogens is 2. The van der Waals surface area contributed by atoms with Gasteiger partial charge in [0, 0.05) is 31.2 Å². The van der Waals surface area contributed by atoms with Crippen molar-refractivity contribution in [2.75, 3.05) is 0 Å². The van der Waals surface area contributed by atoms with E-state index in [0.717, 1.165) is 61.1 Å². The topological polar surface area (TPSA) is 43.9 Å². The van der Waals surface area contributed by atoms with Gasteiger partial charge in [0.2, 0.25) is 0 Å². The molecule has 0 atom stereocenters. The van der Waals surface area contributed by atoms with E-state index in [2.05, 4.69) is 82.9 Å². The Labute approximate surface area is 393 Å². The van der Waals surface area contributed by atoms with Crippen LogP contribution in [0.15, 0.2) is 199 Å². The van der Waals surface area contributed by atoms with Gasteiger partial charge < -0.3 is 8.98 Å². The summed E-state index contributed by atoms with van der Waals surface area (Å²) < 4.78 is 39.7. The number of hydrogen-bond donors (Lipinski definition) is 0. The molecule has 0 fully saturated rings. The van der Waals surface area contributed by atoms with Gasteiger partial charge in [0.05, 0.1) is 22.4 Å². The van der Waals surface area contributed by atoms with Crippen molar-refractivity contribution in [1.82, 2.24) is 14.5 Å². The second-order valence-corrected chi connectivity index (χ2v) is 27.4. The second kappa shape index (κ2) is 18.4. The average molecular weight is 1090 g/mol. The first-order valence-corrected chi connectivity index (χ1v) is 28.5. The summed E-state index contributed by atoms with van der Waals surface area (Å²) in [5.41, 5.74) is 11.5. The van der Waals surface area contributed by atoms with Crippen LogP contribution in [0.25, 0.3) is 94.7 Å². The minimum Gasteiger partial charge on any atom is 0 e. The molecule has 0 saturated carbocycles. The molecule has 0 spiro atoms. The zero-order valence-corrected chi connectivity index (χ0v) is 40.3. The van der Waals surface area contributed by atoms with Gasteiger partial charge in [-0.3, -0.25) is 4.98 Å². The van der Waals surface area contributed by atoms with E-state index in [1.54, 1.807) is 18.2 Å². The van der Waals surface area contributed by atoms with Crippen LogP contribution in [0.4, 0.5) is 8.78 Å². The van der Waals surface area contributed by atoms with Crippen molar-refractivity contribution in [3.63, 3.8) is 0 Å². The molecule has 0 aliphatic carbocycles. The molecule has 0 aliphatic heterocycles. The predicted octanol–water partition coefficient (Wildman–Crippen LogP) is 14.8. The molecular formula is C57H41F2GeIrN3O-2. The smallest absolute Gasteiger partial charge is 0 e. The first-order chi connectivity index (χ1) is 31.2. The Morgan fingerprint density at radius 1 is 0.615 bits per heavy atom. The van der Waals surface area contributed by atoms with Crippen LogP contribution in [-0.2, 0) is 20.1 Å². The van der Waals surface area contributed by atoms with Crippen molar-refractivity contribution in [3.05, 3.63) is 218 Å². The molecular weight excluding hydrogens is 1050 g/mol. The fourth-order valence-corrected chi connectivity index (χ4v) is 10.3. The van der Waals surface area contributed by atoms with Crippen LogP contribution in [0.3, 0.4) is 0 Å². The number of rotatable bonds is 7. The molecule has 0 amide bonds. The van der Waals surface area contributed by atoms with Crippen LogP contribution in [-0.4, -0.2) is 27.8 Å². The Hall–Kier alpha value is -6.77. The van der Waals surface area contributed by atoms with E-state index < -0.39 is 13.3 Å². The third kappa shape index (κ3) is 8.75. The van der Waals surface area contributed by atoms with Crippen molar-refractivity contribution >= 4 is 50.6 Å². The summed E-state index contributed by atoms with van der Waals surface area (Å²) in [7, 11) is 0. The van der Waals surface area contributed by atoms with E-state index in [4.69, 9.17) is 9.40 Å². The Morgan fingerprint density at radius 3 is 1.94 bits per heavy atom. The van der Waals surface area contributed by atoms with E-state index in [1.807, 2.05) is 114 Å². The maximum absolute atomic E-state index is 15.7. The number of para-hydroxylation sites is 1. The molecule has 3 heterocycles. The summed E-state index contributed by atoms with van der Waals surface area (Å²) in [6.45, 7) is 0. The summed E-state index contributed by atoms with van der Waals surface area (Å²) in [6, 6.07) is 66.6. The van der Waals surface area contributed by atoms with Crippen molar-refractivity contribution < 1.29 is 33.3 Å². The Bertz CT molecular complexity index is 3400. The van der Waals surface area contributed by atoms with Gasteiger partial charge in [-0.1, -0.05) is 120 Å². The van der Waals surface area contributed by atoms with Gasteiger partial charge in [0.15, 0.2) is 0 Å². The van der Waals surface area contributed by atoms with E-state index >= 15 is 4.39 Å². The summed E-state index contributed by atoms with van der Waals surface area (Å²) in [6.07, 6.45) is 2.04. The SMILES string of the molecule is Fc1ccc(-c2c[c-]c(-c3nc4cccc(F)c4n3-c3ccc(-c4ccccc4)cc3)c3oc4cc(-c5ccccc5)ccc4c23)cc1.[CH3][Ge]([CH3])([CH3])[c]1ccc(-c2[c-]cccc2)nc1.[Ir]. The third-order valence-corrected chi connectivity index (χ3v) is 15.8. The van der Waals surface area contributed by atoms with Crippen molar-refractivity contribution in [1.29, 1.82) is 0 Å². The molecule has 11 rings (SSSR count). The first-order valence-electron chi connectivity index (χ1n) is 21.2. The molecule has 319 valence electrons. The number of aromatic nitrogens is 3. The van der Waals surface area contributed by atoms with Gasteiger partial charge in [-0.05, 0) is 70.1 Å². The molecule has 8 heteroatoms. The number of pyridine rings is 1. The number of benzene rings is 8. The van der Waals surface area contributed by atoms with Crippen LogP contribution in [0.5, 0.6) is 0 Å². The number of furan rings is 1. The van der Waals surface area contributed by atoms with Gasteiger partial charge in [-0.2, -0.15) is 0 Å². The van der Waals surface area contributed by atoms with E-state index in [1.165, 1.54) is 22.6 Å². The molecule has 8 aromatic carbocycles. The van der Waals surface area contributed by atoms with Gasteiger partial charge in [0.25, 0.3) is 0 Å². The molecule has 3 aromatic heterocycles. The van der Waals surface area contributed by atoms with Crippen molar-refractivity contribution in [2.45, 2.75) is 17.3 Å². The summed E-state index contributed by atoms with van der Waals surface area (Å²) in [5, 5.41) is 1.75. The van der Waals surface area contributed by atoms with Crippen molar-refractivity contribution in [3.8, 4) is 61.7 Å². The monoisotopic (exact) mass is 1090 g/mol. The zero-order chi connectivity index (χ0) is 43.8. The molecule has 11 aromatic rings. The van der Waals surface area contributed by atoms with Gasteiger partial charge in [0.1, 0.15) is 17.2 Å². The largest absolute Gasteiger partial charge is 0 e. The first kappa shape index (κ1) is 43.5. The predicted molar refractivity (Wildman–Crippen MR) is 260 cm³/mol. The zero-order valence-electron chi connectivity index (χ0n) is 35.8. The van der Waals surface area contributed by atoms with Crippen LogP contribution < -0.4 is 4.40 Å². The number of fused-ring (bicyclic) bond motifs is 4. The molecule has 0 bridgehead atoms. The van der Waals surface area contributed by atoms with Gasteiger partial charge >= 0.3 is 99.8 Å². The number of imidazole rings is 1. The standard InChI is InChI=1S/C43H25F2N2O.C14H16GeN.Ir/c44-32-19-14-30(15-20-32)34-24-25-36(42-40(34)35-23-18-31(26-39(35)48-42)28-10-5-2-6-11-28)43-46-38-13-7-12-37(45)41(38)47(43)33-21-16-29(17-22-33)27-8-3-1-4-9-27;1-15(2,3)13-9-10-14(16-11-13)12-7-5-4-6-8-12;/h1-24,26H;4-7,9-11H,1-3H3;/q2*-1;. The summed E-state index contributed by atoms with van der Waals surface area (Å²) >= 11 is -1.72. The number of hydrogen-bond acceptors (Lipinski definition) is 3. The van der Waals surface area contributed by atoms with E-state index in [-0.39, 0.29) is 31.7 Å². The molecule has 65 heavy (non-hydrogen) atoms. The Kier molecular flexibility index (Phi) is 12.3. The molecule has 0 aliphatic rings. The molecule has 0 unspecified atom stereocenters. The Morgan fingerprint density at radius 2 is 1.28 bits per heavy atom. The quantitative estimate of drug-likeness (QED) is 0.118. The normalized spacial score (nSPS) is 11.3. The minimum atomic E-state index is -1.72. The van der Waals surface area contributed by atoms with Crippen molar-refractivity contribution in [2.24, 2.45) is 0 Å². The summed E-state index contributed by atoms with van der Waals surface area (Å²) in [4.78, 5) is 9.51. The minimum absolute atomic E-state index is 0. The molecule has 0 saturated heterocycles. The maximum atomic E-state index is 15.7. The van der Waals surface area contributed by atoms with Crippen LogP contribution in [0.2, 0.25) is 17.3 Å². The molecule has 4 nitrogen and oxygen atoms in total. The second-order valence-electron chi connectivity index (χ2n) is 16.7. The fourth-order valence-electron chi connectivity index (χ4n) is 8.14. The Balaban J connectivity index is 0.000000266.